The third-order valence-corrected chi connectivity index (χ3v) is 5.37. The van der Waals surface area contributed by atoms with Crippen molar-refractivity contribution in [2.45, 2.75) is 13.3 Å². The summed E-state index contributed by atoms with van der Waals surface area (Å²) in [6, 6.07) is 7.69. The lowest BCUT2D eigenvalue weighted by atomic mass is 10.1. The molecule has 0 unspecified atom stereocenters. The summed E-state index contributed by atoms with van der Waals surface area (Å²) in [4.78, 5) is 25.6. The molecule has 10 heteroatoms. The number of aromatic nitrogens is 3. The number of nitrogens with one attached hydrogen (secondary N) is 1. The van der Waals surface area contributed by atoms with Gasteiger partial charge in [0.05, 0.1) is 31.5 Å². The summed E-state index contributed by atoms with van der Waals surface area (Å²) in [5, 5.41) is 3.74. The molecule has 0 radical (unpaired) electrons. The van der Waals surface area contributed by atoms with Crippen LogP contribution in [0, 0.1) is 12.7 Å². The van der Waals surface area contributed by atoms with E-state index in [1.165, 1.54) is 44.0 Å². The highest BCUT2D eigenvalue weighted by Gasteiger charge is 2.15. The van der Waals surface area contributed by atoms with Crippen LogP contribution in [0.25, 0.3) is 10.9 Å². The summed E-state index contributed by atoms with van der Waals surface area (Å²) >= 11 is 1.37. The van der Waals surface area contributed by atoms with E-state index in [1.807, 2.05) is 6.92 Å². The molecule has 4 aromatic rings. The smallest absolute Gasteiger partial charge is 0.230 e. The van der Waals surface area contributed by atoms with Gasteiger partial charge < -0.3 is 19.5 Å². The number of fused-ring (bicyclic) bond motifs is 1. The predicted octanol–water partition coefficient (Wildman–Crippen LogP) is 4.52. The molecule has 4 rings (SSSR count). The maximum Gasteiger partial charge on any atom is 0.230 e. The number of rotatable bonds is 7. The van der Waals surface area contributed by atoms with Crippen LogP contribution >= 0.6 is 11.3 Å². The number of nitrogens with zero attached hydrogens (tertiary/aromatic N) is 3. The minimum Gasteiger partial charge on any atom is -0.493 e. The number of carbonyl (C=O) groups excluding carboxylic acids is 1. The van der Waals surface area contributed by atoms with Gasteiger partial charge in [0.2, 0.25) is 11.8 Å². The van der Waals surface area contributed by atoms with Gasteiger partial charge in [0.15, 0.2) is 28.2 Å². The van der Waals surface area contributed by atoms with Crippen LogP contribution in [-0.4, -0.2) is 35.1 Å². The van der Waals surface area contributed by atoms with Crippen LogP contribution in [0.3, 0.4) is 0 Å². The van der Waals surface area contributed by atoms with Crippen molar-refractivity contribution in [2.24, 2.45) is 0 Å². The number of ether oxygens (including phenoxy) is 3. The maximum atomic E-state index is 14.7. The first-order valence-electron chi connectivity index (χ1n) is 9.52. The number of thiazole rings is 1. The first kappa shape index (κ1) is 21.4. The molecular formula is C22H19FN4O4S. The quantitative estimate of drug-likeness (QED) is 0.438. The number of hydrogen-bond acceptors (Lipinski definition) is 8. The van der Waals surface area contributed by atoms with Crippen LogP contribution in [-0.2, 0) is 11.2 Å². The summed E-state index contributed by atoms with van der Waals surface area (Å²) in [5.74, 6) is 0.213. The maximum absolute atomic E-state index is 14.7. The number of benzene rings is 2. The van der Waals surface area contributed by atoms with Gasteiger partial charge in [-0.2, -0.15) is 0 Å². The molecule has 164 valence electrons. The summed E-state index contributed by atoms with van der Waals surface area (Å²) in [5.41, 5.74) is 1.05. The van der Waals surface area contributed by atoms with E-state index in [0.29, 0.717) is 33.1 Å². The summed E-state index contributed by atoms with van der Waals surface area (Å²) < 4.78 is 31.0. The van der Waals surface area contributed by atoms with E-state index in [9.17, 15) is 9.18 Å². The highest BCUT2D eigenvalue weighted by molar-refractivity contribution is 7.15. The lowest BCUT2D eigenvalue weighted by molar-refractivity contribution is -0.115. The normalized spacial score (nSPS) is 10.8. The fourth-order valence-corrected chi connectivity index (χ4v) is 3.72. The zero-order valence-electron chi connectivity index (χ0n) is 17.5. The van der Waals surface area contributed by atoms with E-state index in [1.54, 1.807) is 24.4 Å². The molecule has 0 aliphatic carbocycles. The van der Waals surface area contributed by atoms with Crippen molar-refractivity contribution in [1.82, 2.24) is 15.0 Å². The van der Waals surface area contributed by atoms with Crippen molar-refractivity contribution in [2.75, 3.05) is 19.5 Å². The number of methoxy groups -OCH3 is 2. The van der Waals surface area contributed by atoms with Crippen molar-refractivity contribution in [1.29, 1.82) is 0 Å². The van der Waals surface area contributed by atoms with E-state index < -0.39 is 5.82 Å². The van der Waals surface area contributed by atoms with E-state index >= 15 is 0 Å². The Kier molecular flexibility index (Phi) is 6.13. The van der Waals surface area contributed by atoms with E-state index in [-0.39, 0.29) is 24.0 Å². The van der Waals surface area contributed by atoms with Gasteiger partial charge in [-0.1, -0.05) is 6.07 Å². The molecule has 0 aliphatic heterocycles. The third-order valence-electron chi connectivity index (χ3n) is 4.54. The molecule has 1 amide bonds. The van der Waals surface area contributed by atoms with E-state index in [0.717, 1.165) is 4.88 Å². The van der Waals surface area contributed by atoms with Crippen molar-refractivity contribution < 1.29 is 23.4 Å². The minimum atomic E-state index is -0.618. The zero-order chi connectivity index (χ0) is 22.7. The van der Waals surface area contributed by atoms with Gasteiger partial charge in [-0.3, -0.25) is 4.79 Å². The Morgan fingerprint density at radius 3 is 2.53 bits per heavy atom. The number of amides is 1. The molecule has 0 bridgehead atoms. The molecule has 0 saturated heterocycles. The number of aryl methyl sites for hydroxylation is 1. The van der Waals surface area contributed by atoms with Gasteiger partial charge in [-0.25, -0.2) is 19.3 Å². The SMILES string of the molecule is COc1cc2ncnc(Oc3ccc(CC(=O)Nc4ncc(C)s4)cc3F)c2cc1OC. The van der Waals surface area contributed by atoms with Crippen molar-refractivity contribution in [3.63, 3.8) is 0 Å². The van der Waals surface area contributed by atoms with Gasteiger partial charge in [0, 0.05) is 17.1 Å². The first-order valence-corrected chi connectivity index (χ1v) is 10.3. The molecule has 2 aromatic heterocycles. The fraction of sp³-hybridized carbons (Fsp3) is 0.182. The molecule has 0 atom stereocenters. The summed E-state index contributed by atoms with van der Waals surface area (Å²) in [7, 11) is 3.04. The Hall–Kier alpha value is -3.79. The Morgan fingerprint density at radius 2 is 1.84 bits per heavy atom. The molecular weight excluding hydrogens is 435 g/mol. The topological polar surface area (TPSA) is 95.5 Å². The van der Waals surface area contributed by atoms with Gasteiger partial charge in [0.25, 0.3) is 0 Å². The Morgan fingerprint density at radius 1 is 1.06 bits per heavy atom. The first-order chi connectivity index (χ1) is 15.5. The molecule has 8 nitrogen and oxygen atoms in total. The lowest BCUT2D eigenvalue weighted by Crippen LogP contribution is -2.14. The molecule has 0 saturated carbocycles. The molecule has 0 aliphatic rings. The average Bonchev–Trinajstić information content (AvgIpc) is 3.19. The van der Waals surface area contributed by atoms with Gasteiger partial charge in [-0.05, 0) is 30.7 Å². The number of anilines is 1. The zero-order valence-corrected chi connectivity index (χ0v) is 18.3. The van der Waals surface area contributed by atoms with E-state index in [2.05, 4.69) is 20.3 Å². The van der Waals surface area contributed by atoms with Crippen LogP contribution in [0.2, 0.25) is 0 Å². The molecule has 1 N–H and O–H groups in total. The Labute approximate surface area is 187 Å². The van der Waals surface area contributed by atoms with E-state index in [4.69, 9.17) is 14.2 Å². The Balaban J connectivity index is 1.54. The minimum absolute atomic E-state index is 0.00323. The lowest BCUT2D eigenvalue weighted by Gasteiger charge is -2.12. The van der Waals surface area contributed by atoms with Crippen molar-refractivity contribution >= 4 is 33.3 Å². The monoisotopic (exact) mass is 454 g/mol. The van der Waals surface area contributed by atoms with Crippen LogP contribution < -0.4 is 19.5 Å². The van der Waals surface area contributed by atoms with Crippen LogP contribution in [0.5, 0.6) is 23.1 Å². The standard InChI is InChI=1S/C22H19FN4O4S/c1-12-10-24-22(32-12)27-20(28)7-13-4-5-17(15(23)6-13)31-21-14-8-18(29-2)19(30-3)9-16(14)25-11-26-21/h4-6,8-11H,7H2,1-3H3,(H,24,27,28). The number of hydrogen-bond donors (Lipinski definition) is 1. The predicted molar refractivity (Wildman–Crippen MR) is 118 cm³/mol. The fourth-order valence-electron chi connectivity index (χ4n) is 3.04. The highest BCUT2D eigenvalue weighted by atomic mass is 32.1. The number of carbonyl (C=O) groups is 1. The summed E-state index contributed by atoms with van der Waals surface area (Å²) in [6.45, 7) is 1.90. The van der Waals surface area contributed by atoms with Crippen molar-refractivity contribution in [3.8, 4) is 23.1 Å². The Bertz CT molecular complexity index is 1290. The second-order valence-electron chi connectivity index (χ2n) is 6.77. The number of halogens is 1. The second-order valence-corrected chi connectivity index (χ2v) is 8.01. The largest absolute Gasteiger partial charge is 0.493 e. The molecule has 0 spiro atoms. The van der Waals surface area contributed by atoms with Crippen LogP contribution in [0.15, 0.2) is 42.9 Å². The highest BCUT2D eigenvalue weighted by Crippen LogP contribution is 2.36. The van der Waals surface area contributed by atoms with Crippen LogP contribution in [0.1, 0.15) is 10.4 Å². The second kappa shape index (κ2) is 9.15. The van der Waals surface area contributed by atoms with Gasteiger partial charge >= 0.3 is 0 Å². The molecule has 2 aromatic carbocycles. The van der Waals surface area contributed by atoms with Gasteiger partial charge in [-0.15, -0.1) is 11.3 Å². The van der Waals surface area contributed by atoms with Crippen LogP contribution in [0.4, 0.5) is 9.52 Å². The third kappa shape index (κ3) is 4.59. The molecule has 2 heterocycles. The molecule has 0 fully saturated rings. The summed E-state index contributed by atoms with van der Waals surface area (Å²) in [6.07, 6.45) is 3.00. The average molecular weight is 454 g/mol. The molecule has 32 heavy (non-hydrogen) atoms. The van der Waals surface area contributed by atoms with Gasteiger partial charge in [0.1, 0.15) is 6.33 Å². The van der Waals surface area contributed by atoms with Crippen molar-refractivity contribution in [3.05, 3.63) is 59.1 Å².